The van der Waals surface area contributed by atoms with E-state index in [1.165, 1.54) is 32.1 Å². The van der Waals surface area contributed by atoms with Gasteiger partial charge in [0.1, 0.15) is 0 Å². The van der Waals surface area contributed by atoms with Crippen molar-refractivity contribution >= 4 is 5.97 Å². The molecule has 0 radical (unpaired) electrons. The first-order valence-corrected chi connectivity index (χ1v) is 7.12. The molecule has 0 aliphatic heterocycles. The van der Waals surface area contributed by atoms with Crippen LogP contribution in [0.25, 0.3) is 0 Å². The highest BCUT2D eigenvalue weighted by Crippen LogP contribution is 2.00. The molecule has 112 valence electrons. The third-order valence-corrected chi connectivity index (χ3v) is 1.75. The fraction of sp³-hybridized carbons (Fsp3) is 0.933. The Hall–Kier alpha value is -0.570. The summed E-state index contributed by atoms with van der Waals surface area (Å²) in [6.07, 6.45) is 7.76. The topological polar surface area (TPSA) is 46.5 Å². The summed E-state index contributed by atoms with van der Waals surface area (Å²) in [5.41, 5.74) is 0. The van der Waals surface area contributed by atoms with Crippen molar-refractivity contribution in [1.82, 2.24) is 0 Å². The van der Waals surface area contributed by atoms with Crippen LogP contribution in [0.2, 0.25) is 0 Å². The largest absolute Gasteiger partial charge is 0.481 e. The maximum Gasteiger partial charge on any atom is 0.300 e. The van der Waals surface area contributed by atoms with Gasteiger partial charge in [0.2, 0.25) is 0 Å². The molecule has 0 saturated heterocycles. The van der Waals surface area contributed by atoms with Crippen molar-refractivity contribution in [3.05, 3.63) is 0 Å². The second kappa shape index (κ2) is 18.8. The summed E-state index contributed by atoms with van der Waals surface area (Å²) in [5.74, 6) is -0.833. The molecule has 0 fully saturated rings. The van der Waals surface area contributed by atoms with E-state index in [4.69, 9.17) is 14.6 Å². The van der Waals surface area contributed by atoms with E-state index in [0.717, 1.165) is 6.92 Å². The van der Waals surface area contributed by atoms with E-state index in [0.29, 0.717) is 12.2 Å². The monoisotopic (exact) mass is 262 g/mol. The lowest BCUT2D eigenvalue weighted by Gasteiger charge is -2.09. The van der Waals surface area contributed by atoms with Crippen molar-refractivity contribution in [2.45, 2.75) is 92.8 Å². The van der Waals surface area contributed by atoms with Gasteiger partial charge in [-0.15, -0.1) is 0 Å². The zero-order valence-electron chi connectivity index (χ0n) is 13.5. The van der Waals surface area contributed by atoms with E-state index in [-0.39, 0.29) is 0 Å². The lowest BCUT2D eigenvalue weighted by Crippen LogP contribution is -2.09. The van der Waals surface area contributed by atoms with E-state index < -0.39 is 5.97 Å². The Morgan fingerprint density at radius 2 is 1.22 bits per heavy atom. The Morgan fingerprint density at radius 1 is 0.944 bits per heavy atom. The predicted molar refractivity (Wildman–Crippen MR) is 79.1 cm³/mol. The Labute approximate surface area is 114 Å². The van der Waals surface area contributed by atoms with Gasteiger partial charge in [-0.2, -0.15) is 0 Å². The van der Waals surface area contributed by atoms with Gasteiger partial charge in [0.15, 0.2) is 0 Å². The molecule has 0 amide bonds. The molecule has 3 nitrogen and oxygen atoms in total. The molecule has 0 unspecified atom stereocenters. The molecular formula is C15H34O3. The fourth-order valence-electron chi connectivity index (χ4n) is 1.22. The summed E-state index contributed by atoms with van der Waals surface area (Å²) in [6.45, 7) is 13.7. The van der Waals surface area contributed by atoms with Crippen LogP contribution in [0.15, 0.2) is 0 Å². The maximum absolute atomic E-state index is 9.00. The second-order valence-electron chi connectivity index (χ2n) is 4.81. The first-order chi connectivity index (χ1) is 8.27. The predicted octanol–water partition coefficient (Wildman–Crippen LogP) is 4.89. The van der Waals surface area contributed by atoms with Gasteiger partial charge in [0.05, 0.1) is 12.2 Å². The van der Waals surface area contributed by atoms with E-state index in [9.17, 15) is 0 Å². The number of unbranched alkanes of at least 4 members (excludes halogenated alkanes) is 4. The van der Waals surface area contributed by atoms with Crippen LogP contribution in [0.1, 0.15) is 80.6 Å². The minimum absolute atomic E-state index is 0.375. The van der Waals surface area contributed by atoms with E-state index >= 15 is 0 Å². The van der Waals surface area contributed by atoms with Crippen LogP contribution in [0.3, 0.4) is 0 Å². The molecule has 0 spiro atoms. The van der Waals surface area contributed by atoms with Gasteiger partial charge in [0, 0.05) is 6.92 Å². The summed E-state index contributed by atoms with van der Waals surface area (Å²) in [6, 6.07) is 0. The third kappa shape index (κ3) is 58.2. The zero-order chi connectivity index (χ0) is 15.0. The molecule has 0 aliphatic carbocycles. The van der Waals surface area contributed by atoms with E-state index in [2.05, 4.69) is 13.8 Å². The highest BCUT2D eigenvalue weighted by atomic mass is 16.5. The third-order valence-electron chi connectivity index (χ3n) is 1.75. The molecule has 0 aromatic heterocycles. The molecule has 3 heteroatoms. The first kappa shape index (κ1) is 22.6. The van der Waals surface area contributed by atoms with Gasteiger partial charge in [-0.3, -0.25) is 4.79 Å². The standard InChI is InChI=1S/C7H16.C6H14O.C2H4O2/c1-3-5-7-6-4-2;1-5(2)7-6(3)4;1-2(3)4/h3-7H2,1-2H3;5-6H,1-4H3;1H3,(H,3,4). The number of carboxylic acids is 1. The Kier molecular flexibility index (Phi) is 23.6. The molecular weight excluding hydrogens is 228 g/mol. The number of carbonyl (C=O) groups is 1. The number of aliphatic carboxylic acids is 1. The number of rotatable bonds is 6. The molecule has 0 aromatic carbocycles. The minimum atomic E-state index is -0.833. The second-order valence-corrected chi connectivity index (χ2v) is 4.81. The van der Waals surface area contributed by atoms with Gasteiger partial charge in [-0.1, -0.05) is 46.0 Å². The average molecular weight is 262 g/mol. The van der Waals surface area contributed by atoms with Crippen molar-refractivity contribution in [1.29, 1.82) is 0 Å². The van der Waals surface area contributed by atoms with Gasteiger partial charge in [-0.05, 0) is 27.7 Å². The summed E-state index contributed by atoms with van der Waals surface area (Å²) < 4.78 is 5.25. The van der Waals surface area contributed by atoms with Gasteiger partial charge in [-0.25, -0.2) is 0 Å². The van der Waals surface area contributed by atoms with E-state index in [1.54, 1.807) is 0 Å². The molecule has 0 rings (SSSR count). The van der Waals surface area contributed by atoms with Crippen LogP contribution in [0.4, 0.5) is 0 Å². The molecule has 0 aliphatic rings. The highest BCUT2D eigenvalue weighted by molar-refractivity contribution is 5.62. The normalized spacial score (nSPS) is 9.39. The Bertz CT molecular complexity index is 140. The van der Waals surface area contributed by atoms with Crippen molar-refractivity contribution in [3.8, 4) is 0 Å². The quantitative estimate of drug-likeness (QED) is 0.693. The van der Waals surface area contributed by atoms with Gasteiger partial charge >= 0.3 is 0 Å². The van der Waals surface area contributed by atoms with Gasteiger partial charge in [0.25, 0.3) is 5.97 Å². The number of ether oxygens (including phenoxy) is 1. The Morgan fingerprint density at radius 3 is 1.33 bits per heavy atom. The maximum atomic E-state index is 9.00. The van der Waals surface area contributed by atoms with Crippen molar-refractivity contribution in [3.63, 3.8) is 0 Å². The molecule has 0 atom stereocenters. The SMILES string of the molecule is CC(=O)O.CC(C)OC(C)C.CCCCCCC. The first-order valence-electron chi connectivity index (χ1n) is 7.12. The minimum Gasteiger partial charge on any atom is -0.481 e. The summed E-state index contributed by atoms with van der Waals surface area (Å²) in [4.78, 5) is 9.00. The van der Waals surface area contributed by atoms with Crippen LogP contribution in [-0.4, -0.2) is 23.3 Å². The van der Waals surface area contributed by atoms with Crippen molar-refractivity contribution in [2.24, 2.45) is 0 Å². The average Bonchev–Trinajstić information content (AvgIpc) is 2.16. The molecule has 1 N–H and O–H groups in total. The summed E-state index contributed by atoms with van der Waals surface area (Å²) in [5, 5.41) is 7.42. The molecule has 0 heterocycles. The molecule has 18 heavy (non-hydrogen) atoms. The molecule has 0 saturated carbocycles. The van der Waals surface area contributed by atoms with E-state index in [1.807, 2.05) is 27.7 Å². The van der Waals surface area contributed by atoms with Crippen molar-refractivity contribution in [2.75, 3.05) is 0 Å². The zero-order valence-corrected chi connectivity index (χ0v) is 13.5. The lowest BCUT2D eigenvalue weighted by molar-refractivity contribution is -0.134. The lowest BCUT2D eigenvalue weighted by atomic mass is 10.2. The van der Waals surface area contributed by atoms with Crippen LogP contribution in [-0.2, 0) is 9.53 Å². The van der Waals surface area contributed by atoms with Crippen molar-refractivity contribution < 1.29 is 14.6 Å². The molecule has 0 aromatic rings. The van der Waals surface area contributed by atoms with Crippen LogP contribution in [0, 0.1) is 0 Å². The highest BCUT2D eigenvalue weighted by Gasteiger charge is 1.94. The smallest absolute Gasteiger partial charge is 0.300 e. The van der Waals surface area contributed by atoms with Gasteiger partial charge < -0.3 is 9.84 Å². The number of hydrogen-bond donors (Lipinski definition) is 1. The Balaban J connectivity index is -0.000000196. The summed E-state index contributed by atoms with van der Waals surface area (Å²) in [7, 11) is 0. The van der Waals surface area contributed by atoms with Crippen LogP contribution >= 0.6 is 0 Å². The summed E-state index contributed by atoms with van der Waals surface area (Å²) >= 11 is 0. The van der Waals surface area contributed by atoms with Crippen LogP contribution in [0.5, 0.6) is 0 Å². The number of carboxylic acid groups (broad SMARTS) is 1. The molecule has 0 bridgehead atoms. The van der Waals surface area contributed by atoms with Crippen LogP contribution < -0.4 is 0 Å². The number of hydrogen-bond acceptors (Lipinski definition) is 2. The fourth-order valence-corrected chi connectivity index (χ4v) is 1.22.